The molecule has 0 unspecified atom stereocenters. The molecule has 0 spiro atoms. The van der Waals surface area contributed by atoms with E-state index in [2.05, 4.69) is 27.7 Å². The lowest BCUT2D eigenvalue weighted by Crippen LogP contribution is -2.09. The van der Waals surface area contributed by atoms with Gasteiger partial charge in [0.1, 0.15) is 0 Å². The van der Waals surface area contributed by atoms with Crippen LogP contribution in [0.3, 0.4) is 0 Å². The summed E-state index contributed by atoms with van der Waals surface area (Å²) in [7, 11) is -0.303. The number of hydrogen-bond donors (Lipinski definition) is 0. The van der Waals surface area contributed by atoms with Crippen LogP contribution in [0.4, 0.5) is 0 Å². The Hall–Kier alpha value is 0.780. The van der Waals surface area contributed by atoms with Crippen molar-refractivity contribution in [3.05, 3.63) is 0 Å². The van der Waals surface area contributed by atoms with E-state index in [1.807, 2.05) is 0 Å². The second-order valence-electron chi connectivity index (χ2n) is 5.39. The molecule has 0 amide bonds. The van der Waals surface area contributed by atoms with Crippen molar-refractivity contribution < 1.29 is 9.47 Å². The van der Waals surface area contributed by atoms with Crippen LogP contribution >= 0.6 is 15.8 Å². The first-order valence-corrected chi connectivity index (χ1v) is 12.8. The number of ether oxygens (including phenoxy) is 2. The van der Waals surface area contributed by atoms with E-state index in [0.717, 1.165) is 26.4 Å². The van der Waals surface area contributed by atoms with Crippen LogP contribution < -0.4 is 0 Å². The molecular formula is C16H38O2P2+2. The van der Waals surface area contributed by atoms with Gasteiger partial charge in [0, 0.05) is 29.1 Å². The average Bonchev–Trinajstić information content (AvgIpc) is 2.45. The topological polar surface area (TPSA) is 18.5 Å². The fourth-order valence-corrected chi connectivity index (χ4v) is 9.14. The van der Waals surface area contributed by atoms with Crippen LogP contribution in [0.5, 0.6) is 0 Å². The van der Waals surface area contributed by atoms with Gasteiger partial charge in [-0.3, -0.25) is 0 Å². The lowest BCUT2D eigenvalue weighted by atomic mass is 10.6. The van der Waals surface area contributed by atoms with E-state index in [4.69, 9.17) is 9.47 Å². The SMILES string of the molecule is CCC[PH+](CCC)CC[PH+](CCOCC)CCOCC. The van der Waals surface area contributed by atoms with Gasteiger partial charge < -0.3 is 9.47 Å². The Morgan fingerprint density at radius 1 is 0.550 bits per heavy atom. The van der Waals surface area contributed by atoms with E-state index in [0.29, 0.717) is 0 Å². The molecule has 0 aliphatic carbocycles. The molecule has 0 bridgehead atoms. The predicted octanol–water partition coefficient (Wildman–Crippen LogP) is 4.31. The maximum Gasteiger partial charge on any atom is 0.0906 e. The van der Waals surface area contributed by atoms with Crippen LogP contribution in [0, 0.1) is 0 Å². The van der Waals surface area contributed by atoms with Crippen LogP contribution in [0.15, 0.2) is 0 Å². The smallest absolute Gasteiger partial charge is 0.0906 e. The highest BCUT2D eigenvalue weighted by Gasteiger charge is 2.21. The normalized spacial score (nSPS) is 11.7. The third-order valence-electron chi connectivity index (χ3n) is 3.65. The first-order chi connectivity index (χ1) is 9.78. The summed E-state index contributed by atoms with van der Waals surface area (Å²) in [5.41, 5.74) is 0. The molecule has 0 aromatic carbocycles. The van der Waals surface area contributed by atoms with Gasteiger partial charge in [0.05, 0.1) is 50.2 Å². The van der Waals surface area contributed by atoms with Gasteiger partial charge in [0.2, 0.25) is 0 Å². The molecule has 2 nitrogen and oxygen atoms in total. The van der Waals surface area contributed by atoms with Crippen molar-refractivity contribution in [2.45, 2.75) is 40.5 Å². The van der Waals surface area contributed by atoms with Gasteiger partial charge in [0.15, 0.2) is 0 Å². The van der Waals surface area contributed by atoms with Gasteiger partial charge in [-0.15, -0.1) is 0 Å². The van der Waals surface area contributed by atoms with E-state index >= 15 is 0 Å². The minimum absolute atomic E-state index is 0.0576. The molecule has 122 valence electrons. The van der Waals surface area contributed by atoms with Gasteiger partial charge in [-0.1, -0.05) is 13.8 Å². The molecule has 0 saturated heterocycles. The molecule has 0 aromatic heterocycles. The van der Waals surface area contributed by atoms with Crippen LogP contribution in [0.1, 0.15) is 40.5 Å². The first kappa shape index (κ1) is 20.8. The summed E-state index contributed by atoms with van der Waals surface area (Å²) in [4.78, 5) is 0. The molecule has 0 heterocycles. The summed E-state index contributed by atoms with van der Waals surface area (Å²) in [6, 6.07) is 0. The molecule has 0 aliphatic heterocycles. The zero-order chi connectivity index (χ0) is 15.1. The zero-order valence-corrected chi connectivity index (χ0v) is 16.3. The molecule has 20 heavy (non-hydrogen) atoms. The molecule has 0 N–H and O–H groups in total. The second kappa shape index (κ2) is 16.2. The second-order valence-corrected chi connectivity index (χ2v) is 11.4. The van der Waals surface area contributed by atoms with Crippen molar-refractivity contribution in [1.82, 2.24) is 0 Å². The van der Waals surface area contributed by atoms with Crippen LogP contribution in [-0.4, -0.2) is 63.4 Å². The predicted molar refractivity (Wildman–Crippen MR) is 99.4 cm³/mol. The lowest BCUT2D eigenvalue weighted by molar-refractivity contribution is 0.160. The van der Waals surface area contributed by atoms with Gasteiger partial charge >= 0.3 is 0 Å². The van der Waals surface area contributed by atoms with Gasteiger partial charge in [0.25, 0.3) is 0 Å². The fourth-order valence-electron chi connectivity index (χ4n) is 2.53. The molecule has 0 aliphatic rings. The lowest BCUT2D eigenvalue weighted by Gasteiger charge is -2.13. The largest absolute Gasteiger partial charge is 0.378 e. The number of hydrogen-bond acceptors (Lipinski definition) is 2. The van der Waals surface area contributed by atoms with Crippen molar-refractivity contribution in [2.24, 2.45) is 0 Å². The Morgan fingerprint density at radius 2 is 0.950 bits per heavy atom. The molecule has 0 saturated carbocycles. The quantitative estimate of drug-likeness (QED) is 0.330. The summed E-state index contributed by atoms with van der Waals surface area (Å²) in [5, 5.41) is 0. The molecule has 0 rings (SSSR count). The summed E-state index contributed by atoms with van der Waals surface area (Å²) >= 11 is 0. The van der Waals surface area contributed by atoms with E-state index in [-0.39, 0.29) is 15.8 Å². The van der Waals surface area contributed by atoms with Crippen LogP contribution in [-0.2, 0) is 9.47 Å². The van der Waals surface area contributed by atoms with E-state index in [9.17, 15) is 0 Å². The van der Waals surface area contributed by atoms with Crippen LogP contribution in [0.25, 0.3) is 0 Å². The van der Waals surface area contributed by atoms with E-state index in [1.165, 1.54) is 43.7 Å². The Bertz CT molecular complexity index is 175. The fraction of sp³-hybridized carbons (Fsp3) is 1.00. The molecule has 4 heteroatoms. The Kier molecular flexibility index (Phi) is 16.8. The standard InChI is InChI=1S/C16H36O2P2/c1-5-11-19(12-6-2)15-16-20(13-9-17-7-3)14-10-18-8-4/h5-16H2,1-4H3/p+2. The molecule has 0 radical (unpaired) electrons. The van der Waals surface area contributed by atoms with Crippen LogP contribution in [0.2, 0.25) is 0 Å². The van der Waals surface area contributed by atoms with Crippen molar-refractivity contribution >= 4 is 15.8 Å². The summed E-state index contributed by atoms with van der Waals surface area (Å²) in [6.45, 7) is 12.5. The maximum atomic E-state index is 5.57. The average molecular weight is 324 g/mol. The molecule has 0 aromatic rings. The van der Waals surface area contributed by atoms with Gasteiger partial charge in [-0.05, 0) is 26.7 Å². The highest BCUT2D eigenvalue weighted by atomic mass is 31.1. The third kappa shape index (κ3) is 12.5. The minimum Gasteiger partial charge on any atom is -0.378 e. The summed E-state index contributed by atoms with van der Waals surface area (Å²) in [5.74, 6) is 0. The zero-order valence-electron chi connectivity index (χ0n) is 14.3. The Balaban J connectivity index is 4.01. The van der Waals surface area contributed by atoms with E-state index < -0.39 is 0 Å². The monoisotopic (exact) mass is 324 g/mol. The number of rotatable bonds is 15. The van der Waals surface area contributed by atoms with Crippen molar-refractivity contribution in [2.75, 3.05) is 63.4 Å². The molecule has 0 atom stereocenters. The minimum atomic E-state index is -0.245. The maximum absolute atomic E-state index is 5.57. The summed E-state index contributed by atoms with van der Waals surface area (Å²) in [6.07, 6.45) is 11.5. The molecule has 0 fully saturated rings. The summed E-state index contributed by atoms with van der Waals surface area (Å²) < 4.78 is 11.1. The first-order valence-electron chi connectivity index (χ1n) is 8.60. The van der Waals surface area contributed by atoms with Gasteiger partial charge in [-0.2, -0.15) is 0 Å². The van der Waals surface area contributed by atoms with Crippen molar-refractivity contribution in [1.29, 1.82) is 0 Å². The van der Waals surface area contributed by atoms with Gasteiger partial charge in [-0.25, -0.2) is 0 Å². The highest BCUT2D eigenvalue weighted by molar-refractivity contribution is 7.61. The Morgan fingerprint density at radius 3 is 1.30 bits per heavy atom. The Labute approximate surface area is 129 Å². The highest BCUT2D eigenvalue weighted by Crippen LogP contribution is 2.43. The van der Waals surface area contributed by atoms with Crippen molar-refractivity contribution in [3.8, 4) is 0 Å². The van der Waals surface area contributed by atoms with E-state index in [1.54, 1.807) is 6.16 Å². The van der Waals surface area contributed by atoms with Crippen molar-refractivity contribution in [3.63, 3.8) is 0 Å². The third-order valence-corrected chi connectivity index (χ3v) is 10.3. The molecular weight excluding hydrogens is 286 g/mol.